The van der Waals surface area contributed by atoms with Gasteiger partial charge < -0.3 is 10.6 Å². The quantitative estimate of drug-likeness (QED) is 0.669. The molecule has 0 aliphatic rings. The van der Waals surface area contributed by atoms with Crippen LogP contribution in [0, 0.1) is 25.5 Å². The Balaban J connectivity index is 1.52. The molecule has 8 nitrogen and oxygen atoms in total. The van der Waals surface area contributed by atoms with E-state index in [9.17, 15) is 18.4 Å². The number of aromatic nitrogens is 4. The fourth-order valence-electron chi connectivity index (χ4n) is 2.80. The molecular formula is C18H18F2N6O2. The molecule has 1 aromatic carbocycles. The first-order valence-corrected chi connectivity index (χ1v) is 8.52. The maximum atomic E-state index is 13.1. The number of aryl methyl sites for hydroxylation is 2. The molecule has 0 unspecified atom stereocenters. The van der Waals surface area contributed by atoms with Gasteiger partial charge in [-0.1, -0.05) is 0 Å². The fourth-order valence-corrected chi connectivity index (χ4v) is 2.80. The van der Waals surface area contributed by atoms with E-state index in [1.807, 2.05) is 13.8 Å². The third-order valence-electron chi connectivity index (χ3n) is 4.24. The lowest BCUT2D eigenvalue weighted by molar-refractivity contribution is -0.124. The van der Waals surface area contributed by atoms with Crippen molar-refractivity contribution in [3.8, 4) is 0 Å². The van der Waals surface area contributed by atoms with Crippen molar-refractivity contribution in [1.29, 1.82) is 0 Å². The van der Waals surface area contributed by atoms with E-state index < -0.39 is 17.5 Å². The number of benzene rings is 1. The number of anilines is 1. The summed E-state index contributed by atoms with van der Waals surface area (Å²) in [5.74, 6) is -2.44. The lowest BCUT2D eigenvalue weighted by Crippen LogP contribution is -2.33. The van der Waals surface area contributed by atoms with E-state index >= 15 is 0 Å². The lowest BCUT2D eigenvalue weighted by atomic mass is 10.1. The molecule has 0 aliphatic carbocycles. The second-order valence-corrected chi connectivity index (χ2v) is 6.19. The summed E-state index contributed by atoms with van der Waals surface area (Å²) >= 11 is 0. The zero-order chi connectivity index (χ0) is 20.3. The van der Waals surface area contributed by atoms with Crippen molar-refractivity contribution in [2.75, 3.05) is 11.9 Å². The monoisotopic (exact) mass is 388 g/mol. The maximum Gasteiger partial charge on any atom is 0.252 e. The number of rotatable bonds is 6. The van der Waals surface area contributed by atoms with Crippen LogP contribution < -0.4 is 10.6 Å². The maximum absolute atomic E-state index is 13.1. The Labute approximate surface area is 159 Å². The number of amides is 2. The van der Waals surface area contributed by atoms with Crippen molar-refractivity contribution in [2.24, 2.45) is 0 Å². The summed E-state index contributed by atoms with van der Waals surface area (Å²) in [6, 6.07) is 3.01. The van der Waals surface area contributed by atoms with Crippen LogP contribution in [0.5, 0.6) is 0 Å². The number of hydrogen-bond donors (Lipinski definition) is 2. The first kappa shape index (κ1) is 19.3. The van der Waals surface area contributed by atoms with Gasteiger partial charge in [0, 0.05) is 29.6 Å². The molecule has 0 saturated heterocycles. The molecule has 10 heteroatoms. The number of halogens is 2. The van der Waals surface area contributed by atoms with Gasteiger partial charge in [-0.15, -0.1) is 0 Å². The summed E-state index contributed by atoms with van der Waals surface area (Å²) in [4.78, 5) is 32.3. The summed E-state index contributed by atoms with van der Waals surface area (Å²) in [5, 5.41) is 8.98. The number of carbonyl (C=O) groups is 2. The molecule has 2 aromatic heterocycles. The lowest BCUT2D eigenvalue weighted by Gasteiger charge is -2.11. The Morgan fingerprint density at radius 3 is 2.68 bits per heavy atom. The minimum atomic E-state index is -1.06. The predicted octanol–water partition coefficient (Wildman–Crippen LogP) is 1.71. The zero-order valence-electron chi connectivity index (χ0n) is 15.3. The number of hydrogen-bond acceptors (Lipinski definition) is 5. The molecule has 3 rings (SSSR count). The molecule has 0 spiro atoms. The molecule has 2 heterocycles. The molecule has 0 saturated carbocycles. The minimum Gasteiger partial charge on any atom is -0.347 e. The summed E-state index contributed by atoms with van der Waals surface area (Å²) < 4.78 is 27.6. The fraction of sp³-hybridized carbons (Fsp3) is 0.278. The minimum absolute atomic E-state index is 0.108. The van der Waals surface area contributed by atoms with E-state index in [1.165, 1.54) is 12.4 Å². The molecule has 2 amide bonds. The van der Waals surface area contributed by atoms with Gasteiger partial charge >= 0.3 is 0 Å². The van der Waals surface area contributed by atoms with Crippen molar-refractivity contribution in [3.05, 3.63) is 53.1 Å². The highest BCUT2D eigenvalue weighted by Gasteiger charge is 2.13. The molecule has 0 fully saturated rings. The van der Waals surface area contributed by atoms with E-state index in [2.05, 4.69) is 25.7 Å². The second-order valence-electron chi connectivity index (χ2n) is 6.19. The number of carbonyl (C=O) groups excluding carboxylic acids is 2. The number of nitrogens with zero attached hydrogens (tertiary/aromatic N) is 4. The summed E-state index contributed by atoms with van der Waals surface area (Å²) in [7, 11) is 0. The Hall–Kier alpha value is -3.43. The van der Waals surface area contributed by atoms with Crippen LogP contribution in [0.2, 0.25) is 0 Å². The predicted molar refractivity (Wildman–Crippen MR) is 96.6 cm³/mol. The van der Waals surface area contributed by atoms with E-state index in [-0.39, 0.29) is 24.6 Å². The normalized spacial score (nSPS) is 10.9. The van der Waals surface area contributed by atoms with Crippen molar-refractivity contribution in [3.63, 3.8) is 0 Å². The van der Waals surface area contributed by atoms with Crippen molar-refractivity contribution in [2.45, 2.75) is 26.7 Å². The van der Waals surface area contributed by atoms with Gasteiger partial charge in [0.15, 0.2) is 11.6 Å². The van der Waals surface area contributed by atoms with Crippen LogP contribution in [0.3, 0.4) is 0 Å². The molecule has 2 N–H and O–H groups in total. The average molecular weight is 388 g/mol. The van der Waals surface area contributed by atoms with Crippen LogP contribution in [0.1, 0.15) is 23.4 Å². The standard InChI is InChI=1S/C18H18F2N6O2/c1-10-13(11(2)26-18(24-10)22-9-23-26)4-6-16(27)21-8-17(28)25-12-3-5-14(19)15(20)7-12/h3,5,7,9H,4,6,8H2,1-2H3,(H,21,27)(H,25,28). The zero-order valence-corrected chi connectivity index (χ0v) is 15.3. The number of nitrogens with one attached hydrogen (secondary N) is 2. The van der Waals surface area contributed by atoms with E-state index in [1.54, 1.807) is 4.52 Å². The van der Waals surface area contributed by atoms with Crippen molar-refractivity contribution < 1.29 is 18.4 Å². The Morgan fingerprint density at radius 2 is 1.93 bits per heavy atom. The topological polar surface area (TPSA) is 101 Å². The van der Waals surface area contributed by atoms with Gasteiger partial charge in [0.1, 0.15) is 6.33 Å². The van der Waals surface area contributed by atoms with Crippen molar-refractivity contribution in [1.82, 2.24) is 24.9 Å². The molecule has 0 atom stereocenters. The third-order valence-corrected chi connectivity index (χ3v) is 4.24. The first-order valence-electron chi connectivity index (χ1n) is 8.52. The Bertz CT molecular complexity index is 1050. The highest BCUT2D eigenvalue weighted by molar-refractivity contribution is 5.94. The van der Waals surface area contributed by atoms with Gasteiger partial charge in [0.05, 0.1) is 6.54 Å². The van der Waals surface area contributed by atoms with Gasteiger partial charge in [-0.05, 0) is 38.0 Å². The smallest absolute Gasteiger partial charge is 0.252 e. The van der Waals surface area contributed by atoms with Gasteiger partial charge in [-0.2, -0.15) is 10.1 Å². The molecule has 3 aromatic rings. The second kappa shape index (κ2) is 8.07. The largest absolute Gasteiger partial charge is 0.347 e. The average Bonchev–Trinajstić information content (AvgIpc) is 3.11. The van der Waals surface area contributed by atoms with Crippen molar-refractivity contribution >= 4 is 23.3 Å². The third kappa shape index (κ3) is 4.27. The number of fused-ring (bicyclic) bond motifs is 1. The molecule has 28 heavy (non-hydrogen) atoms. The van der Waals surface area contributed by atoms with Crippen LogP contribution in [0.15, 0.2) is 24.5 Å². The highest BCUT2D eigenvalue weighted by Crippen LogP contribution is 2.15. The van der Waals surface area contributed by atoms with Crippen LogP contribution >= 0.6 is 0 Å². The van der Waals surface area contributed by atoms with E-state index in [0.717, 1.165) is 29.1 Å². The molecular weight excluding hydrogens is 370 g/mol. The summed E-state index contributed by atoms with van der Waals surface area (Å²) in [5.41, 5.74) is 2.61. The first-order chi connectivity index (χ1) is 13.3. The van der Waals surface area contributed by atoms with Crippen LogP contribution in [-0.2, 0) is 16.0 Å². The van der Waals surface area contributed by atoms with E-state index in [0.29, 0.717) is 12.2 Å². The Kier molecular flexibility index (Phi) is 5.57. The highest BCUT2D eigenvalue weighted by atomic mass is 19.2. The van der Waals surface area contributed by atoms with Crippen LogP contribution in [0.4, 0.5) is 14.5 Å². The SMILES string of the molecule is Cc1nc2ncnn2c(C)c1CCC(=O)NCC(=O)Nc1ccc(F)c(F)c1. The van der Waals surface area contributed by atoms with E-state index in [4.69, 9.17) is 0 Å². The van der Waals surface area contributed by atoms with Gasteiger partial charge in [-0.3, -0.25) is 9.59 Å². The molecule has 0 bridgehead atoms. The van der Waals surface area contributed by atoms with Gasteiger partial charge in [0.2, 0.25) is 11.8 Å². The van der Waals surface area contributed by atoms with Crippen LogP contribution in [0.25, 0.3) is 5.78 Å². The van der Waals surface area contributed by atoms with Crippen LogP contribution in [-0.4, -0.2) is 37.9 Å². The Morgan fingerprint density at radius 1 is 1.14 bits per heavy atom. The van der Waals surface area contributed by atoms with Gasteiger partial charge in [0.25, 0.3) is 5.78 Å². The summed E-state index contributed by atoms with van der Waals surface area (Å²) in [6.07, 6.45) is 2.00. The molecule has 146 valence electrons. The molecule has 0 radical (unpaired) electrons. The van der Waals surface area contributed by atoms with Gasteiger partial charge in [-0.25, -0.2) is 18.3 Å². The summed E-state index contributed by atoms with van der Waals surface area (Å²) in [6.45, 7) is 3.43. The molecule has 0 aliphatic heterocycles.